The fourth-order valence-electron chi connectivity index (χ4n) is 0.214. The Bertz CT molecular complexity index is 168. The summed E-state index contributed by atoms with van der Waals surface area (Å²) in [6.45, 7) is 1.02. The van der Waals surface area contributed by atoms with Crippen molar-refractivity contribution in [3.8, 4) is 0 Å². The van der Waals surface area contributed by atoms with Gasteiger partial charge in [-0.3, -0.25) is 4.79 Å². The Kier molecular flexibility index (Phi) is 2.44. The van der Waals surface area contributed by atoms with Crippen molar-refractivity contribution < 1.29 is 19.8 Å². The van der Waals surface area contributed by atoms with Crippen LogP contribution in [0.3, 0.4) is 0 Å². The Labute approximate surface area is 51.4 Å². The van der Waals surface area contributed by atoms with Crippen molar-refractivity contribution >= 4 is 11.8 Å². The summed E-state index contributed by atoms with van der Waals surface area (Å²) in [5, 5.41) is 18.1. The lowest BCUT2D eigenvalue weighted by Gasteiger charge is -2.02. The Balaban J connectivity index is 4.17. The second-order valence-electron chi connectivity index (χ2n) is 1.40. The largest absolute Gasteiger partial charge is 0.870 e. The third-order valence-corrected chi connectivity index (χ3v) is 0.602. The minimum Gasteiger partial charge on any atom is -0.870 e. The number of rotatable bonds is 2. The smallest absolute Gasteiger partial charge is 0.327 e. The lowest BCUT2D eigenvalue weighted by molar-refractivity contribution is -0.298. The van der Waals surface area contributed by atoms with Gasteiger partial charge in [0.2, 0.25) is 0 Å². The average molecular weight is 129 g/mol. The molecule has 4 heteroatoms. The van der Waals surface area contributed by atoms with E-state index in [0.29, 0.717) is 6.08 Å². The van der Waals surface area contributed by atoms with E-state index in [1.54, 1.807) is 0 Å². The molecule has 0 aliphatic heterocycles. The Morgan fingerprint density at radius 1 is 1.56 bits per heavy atom. The van der Waals surface area contributed by atoms with Gasteiger partial charge in [0.25, 0.3) is 0 Å². The highest BCUT2D eigenvalue weighted by Gasteiger charge is 1.91. The van der Waals surface area contributed by atoms with Crippen molar-refractivity contribution in [3.05, 3.63) is 11.8 Å². The zero-order chi connectivity index (χ0) is 7.44. The summed E-state index contributed by atoms with van der Waals surface area (Å²) in [7, 11) is 0. The zero-order valence-electron chi connectivity index (χ0n) is 4.75. The fourth-order valence-corrected chi connectivity index (χ4v) is 0.214. The first-order chi connectivity index (χ1) is 4.04. The van der Waals surface area contributed by atoms with Gasteiger partial charge in [-0.25, -0.2) is 4.79 Å². The first-order valence-electron chi connectivity index (χ1n) is 2.16. The molecule has 0 aliphatic carbocycles. The monoisotopic (exact) mass is 129 g/mol. The number of carboxylic acids is 1. The van der Waals surface area contributed by atoms with Gasteiger partial charge in [-0.2, -0.15) is 0 Å². The number of ketones is 1. The highest BCUT2D eigenvalue weighted by molar-refractivity contribution is 5.96. The molecular weight excluding hydrogens is 124 g/mol. The van der Waals surface area contributed by atoms with Crippen molar-refractivity contribution in [2.75, 3.05) is 0 Å². The van der Waals surface area contributed by atoms with Crippen molar-refractivity contribution in [3.63, 3.8) is 0 Å². The second kappa shape index (κ2) is 2.86. The van der Waals surface area contributed by atoms with E-state index in [-0.39, 0.29) is 0 Å². The predicted molar refractivity (Wildman–Crippen MR) is 26.4 cm³/mol. The van der Waals surface area contributed by atoms with Gasteiger partial charge >= 0.3 is 5.97 Å². The summed E-state index contributed by atoms with van der Waals surface area (Å²) in [6.07, 6.45) is 0.336. The zero-order valence-corrected chi connectivity index (χ0v) is 4.75. The number of Topliss-reactive ketones (excluding diaryl/α,β-unsaturated/α-hetero) is 1. The van der Waals surface area contributed by atoms with E-state index in [2.05, 4.69) is 0 Å². The summed E-state index contributed by atoms with van der Waals surface area (Å²) in [5.41, 5.74) is 0. The van der Waals surface area contributed by atoms with Gasteiger partial charge in [0.05, 0.1) is 0 Å². The average Bonchev–Trinajstić information content (AvgIpc) is 1.63. The van der Waals surface area contributed by atoms with Crippen molar-refractivity contribution in [1.82, 2.24) is 0 Å². The number of aliphatic carboxylic acids is 1. The quantitative estimate of drug-likeness (QED) is 0.379. The summed E-state index contributed by atoms with van der Waals surface area (Å²) in [6, 6.07) is 0. The maximum Gasteiger partial charge on any atom is 0.327 e. The van der Waals surface area contributed by atoms with Crippen LogP contribution in [-0.4, -0.2) is 16.9 Å². The topological polar surface area (TPSA) is 77.4 Å². The molecular formula is C5H5O4-. The molecule has 0 aromatic heterocycles. The molecule has 1 N–H and O–H groups in total. The van der Waals surface area contributed by atoms with E-state index >= 15 is 0 Å². The number of hydrogen-bond acceptors (Lipinski definition) is 3. The normalized spacial score (nSPS) is 11.0. The minimum absolute atomic E-state index is 0.336. The summed E-state index contributed by atoms with van der Waals surface area (Å²) in [5.74, 6) is -3.14. The van der Waals surface area contributed by atoms with Crippen LogP contribution in [0.5, 0.6) is 0 Å². The van der Waals surface area contributed by atoms with Crippen LogP contribution in [0.25, 0.3) is 0 Å². The Morgan fingerprint density at radius 2 is 2.00 bits per heavy atom. The standard InChI is InChI=1S/C5H6O4/c1-3(6)4(7)2-5(8)9/h2,7H,1H3,(H,8,9)/p-1/b4-2-. The van der Waals surface area contributed by atoms with Crippen LogP contribution in [0, 0.1) is 0 Å². The molecule has 0 radical (unpaired) electrons. The van der Waals surface area contributed by atoms with Gasteiger partial charge in [0, 0.05) is 6.08 Å². The Hall–Kier alpha value is -1.32. The molecule has 50 valence electrons. The van der Waals surface area contributed by atoms with Crippen LogP contribution >= 0.6 is 0 Å². The second-order valence-corrected chi connectivity index (χ2v) is 1.40. The van der Waals surface area contributed by atoms with Crippen LogP contribution in [0.15, 0.2) is 11.8 Å². The lowest BCUT2D eigenvalue weighted by Crippen LogP contribution is -2.13. The molecule has 0 aromatic rings. The first-order valence-corrected chi connectivity index (χ1v) is 2.16. The molecule has 0 aliphatic rings. The molecule has 0 spiro atoms. The fraction of sp³-hybridized carbons (Fsp3) is 0.200. The van der Waals surface area contributed by atoms with E-state index in [1.807, 2.05) is 0 Å². The van der Waals surface area contributed by atoms with E-state index in [9.17, 15) is 14.7 Å². The molecule has 9 heavy (non-hydrogen) atoms. The van der Waals surface area contributed by atoms with Crippen LogP contribution in [0.4, 0.5) is 0 Å². The summed E-state index contributed by atoms with van der Waals surface area (Å²) >= 11 is 0. The van der Waals surface area contributed by atoms with Crippen LogP contribution in [-0.2, 0) is 9.59 Å². The van der Waals surface area contributed by atoms with Gasteiger partial charge in [0.1, 0.15) is 5.78 Å². The van der Waals surface area contributed by atoms with Crippen LogP contribution in [0.1, 0.15) is 6.92 Å². The number of allylic oxidation sites excluding steroid dienone is 1. The van der Waals surface area contributed by atoms with Gasteiger partial charge in [-0.1, -0.05) is 5.76 Å². The SMILES string of the molecule is CC(=O)/C([O-])=C/C(=O)O. The lowest BCUT2D eigenvalue weighted by atomic mass is 10.3. The molecule has 0 saturated heterocycles. The van der Waals surface area contributed by atoms with Crippen molar-refractivity contribution in [2.45, 2.75) is 6.92 Å². The van der Waals surface area contributed by atoms with E-state index in [0.717, 1.165) is 6.92 Å². The van der Waals surface area contributed by atoms with Crippen LogP contribution in [0.2, 0.25) is 0 Å². The molecule has 0 saturated carbocycles. The number of carboxylic acid groups (broad SMARTS) is 1. The number of carbonyl (C=O) groups excluding carboxylic acids is 1. The minimum atomic E-state index is -1.39. The maximum absolute atomic E-state index is 10.2. The van der Waals surface area contributed by atoms with E-state index < -0.39 is 17.5 Å². The molecule has 0 aromatic carbocycles. The molecule has 0 heterocycles. The molecule has 0 atom stereocenters. The summed E-state index contributed by atoms with van der Waals surface area (Å²) in [4.78, 5) is 19.7. The molecule has 0 bridgehead atoms. The highest BCUT2D eigenvalue weighted by Crippen LogP contribution is 1.83. The third kappa shape index (κ3) is 3.28. The predicted octanol–water partition coefficient (Wildman–Crippen LogP) is -1.10. The van der Waals surface area contributed by atoms with Gasteiger partial charge in [-0.15, -0.1) is 0 Å². The molecule has 0 fully saturated rings. The third-order valence-electron chi connectivity index (χ3n) is 0.602. The van der Waals surface area contributed by atoms with Gasteiger partial charge < -0.3 is 10.2 Å². The Morgan fingerprint density at radius 3 is 2.11 bits per heavy atom. The van der Waals surface area contributed by atoms with E-state index in [4.69, 9.17) is 5.11 Å². The van der Waals surface area contributed by atoms with E-state index in [1.165, 1.54) is 0 Å². The number of carbonyl (C=O) groups is 2. The van der Waals surface area contributed by atoms with Crippen molar-refractivity contribution in [1.29, 1.82) is 0 Å². The maximum atomic E-state index is 10.2. The molecule has 0 amide bonds. The highest BCUT2D eigenvalue weighted by atomic mass is 16.4. The first kappa shape index (κ1) is 7.68. The van der Waals surface area contributed by atoms with Gasteiger partial charge in [0.15, 0.2) is 0 Å². The molecule has 4 nitrogen and oxygen atoms in total. The molecule has 0 rings (SSSR count). The van der Waals surface area contributed by atoms with Crippen molar-refractivity contribution in [2.24, 2.45) is 0 Å². The molecule has 0 unspecified atom stereocenters. The number of hydrogen-bond donors (Lipinski definition) is 1. The summed E-state index contributed by atoms with van der Waals surface area (Å²) < 4.78 is 0. The van der Waals surface area contributed by atoms with Gasteiger partial charge in [-0.05, 0) is 6.92 Å². The van der Waals surface area contributed by atoms with Crippen LogP contribution < -0.4 is 5.11 Å².